The minimum Gasteiger partial charge on any atom is -0.495 e. The van der Waals surface area contributed by atoms with E-state index < -0.39 is 0 Å². The monoisotopic (exact) mass is 372 g/mol. The van der Waals surface area contributed by atoms with Crippen LogP contribution in [0, 0.1) is 0 Å². The minimum absolute atomic E-state index is 0.0845. The number of halogens is 1. The van der Waals surface area contributed by atoms with E-state index in [0.717, 1.165) is 18.7 Å². The highest BCUT2D eigenvalue weighted by molar-refractivity contribution is 6.32. The molecule has 1 amide bonds. The number of benzene rings is 2. The molecule has 4 nitrogen and oxygen atoms in total. The third-order valence-corrected chi connectivity index (χ3v) is 5.17. The van der Waals surface area contributed by atoms with Crippen molar-refractivity contribution >= 4 is 23.2 Å². The Labute approximate surface area is 160 Å². The van der Waals surface area contributed by atoms with Gasteiger partial charge in [-0.25, -0.2) is 0 Å². The number of carbonyl (C=O) groups excluding carboxylic acids is 1. The Morgan fingerprint density at radius 1 is 1.12 bits per heavy atom. The number of piperidine rings is 1. The van der Waals surface area contributed by atoms with Crippen molar-refractivity contribution < 1.29 is 9.53 Å². The molecule has 1 aliphatic heterocycles. The second-order valence-electron chi connectivity index (χ2n) is 6.68. The third-order valence-electron chi connectivity index (χ3n) is 4.88. The summed E-state index contributed by atoms with van der Waals surface area (Å²) in [5.41, 5.74) is 2.86. The van der Waals surface area contributed by atoms with Crippen LogP contribution in [0.1, 0.15) is 48.1 Å². The Balaban J connectivity index is 1.64. The molecular weight excluding hydrogens is 348 g/mol. The van der Waals surface area contributed by atoms with Gasteiger partial charge < -0.3 is 15.0 Å². The van der Waals surface area contributed by atoms with Crippen LogP contribution in [-0.4, -0.2) is 26.1 Å². The largest absolute Gasteiger partial charge is 0.495 e. The predicted octanol–water partition coefficient (Wildman–Crippen LogP) is 4.83. The quantitative estimate of drug-likeness (QED) is 0.817. The predicted molar refractivity (Wildman–Crippen MR) is 106 cm³/mol. The van der Waals surface area contributed by atoms with Crippen molar-refractivity contribution in [1.82, 2.24) is 5.32 Å². The maximum absolute atomic E-state index is 12.5. The second-order valence-corrected chi connectivity index (χ2v) is 7.09. The van der Waals surface area contributed by atoms with E-state index in [0.29, 0.717) is 16.3 Å². The van der Waals surface area contributed by atoms with Crippen molar-refractivity contribution in [1.29, 1.82) is 0 Å². The van der Waals surface area contributed by atoms with E-state index in [1.165, 1.54) is 24.9 Å². The zero-order valence-electron chi connectivity index (χ0n) is 15.3. The van der Waals surface area contributed by atoms with Crippen molar-refractivity contribution in [3.8, 4) is 5.75 Å². The Hall–Kier alpha value is -2.20. The molecule has 1 aliphatic rings. The summed E-state index contributed by atoms with van der Waals surface area (Å²) < 4.78 is 5.12. The minimum atomic E-state index is -0.151. The molecule has 1 heterocycles. The van der Waals surface area contributed by atoms with Crippen LogP contribution in [0.2, 0.25) is 5.02 Å². The molecule has 2 aromatic rings. The lowest BCUT2D eigenvalue weighted by Gasteiger charge is -2.29. The fraction of sp³-hybridized carbons (Fsp3) is 0.381. The number of nitrogens with one attached hydrogen (secondary N) is 1. The lowest BCUT2D eigenvalue weighted by molar-refractivity contribution is 0.0940. The zero-order chi connectivity index (χ0) is 18.5. The van der Waals surface area contributed by atoms with E-state index in [4.69, 9.17) is 16.3 Å². The first-order chi connectivity index (χ1) is 12.6. The normalized spacial score (nSPS) is 15.4. The standard InChI is InChI=1S/C21H25ClN2O2/c1-15(23-21(25)17-8-11-20(26-2)19(22)14-17)16-6-9-18(10-7-16)24-12-4-3-5-13-24/h6-11,14-15H,3-5,12-13H2,1-2H3,(H,23,25)/t15-/m1/s1. The van der Waals surface area contributed by atoms with E-state index in [1.807, 2.05) is 6.92 Å². The Bertz CT molecular complexity index is 755. The van der Waals surface area contributed by atoms with Crippen molar-refractivity contribution in [2.75, 3.05) is 25.1 Å². The molecule has 2 aromatic carbocycles. The Morgan fingerprint density at radius 2 is 1.81 bits per heavy atom. The van der Waals surface area contributed by atoms with Crippen LogP contribution in [0.25, 0.3) is 0 Å². The van der Waals surface area contributed by atoms with Crippen molar-refractivity contribution in [2.24, 2.45) is 0 Å². The van der Waals surface area contributed by atoms with Crippen LogP contribution in [0.3, 0.4) is 0 Å². The number of rotatable bonds is 5. The number of amides is 1. The van der Waals surface area contributed by atoms with Crippen LogP contribution >= 0.6 is 11.6 Å². The van der Waals surface area contributed by atoms with E-state index in [-0.39, 0.29) is 11.9 Å². The number of carbonyl (C=O) groups is 1. The number of hydrogen-bond acceptors (Lipinski definition) is 3. The summed E-state index contributed by atoms with van der Waals surface area (Å²) in [4.78, 5) is 14.9. The number of ether oxygens (including phenoxy) is 1. The Morgan fingerprint density at radius 3 is 2.42 bits per heavy atom. The lowest BCUT2D eigenvalue weighted by Crippen LogP contribution is -2.29. The Kier molecular flexibility index (Phi) is 6.04. The molecule has 138 valence electrons. The number of anilines is 1. The van der Waals surface area contributed by atoms with Gasteiger partial charge in [-0.1, -0.05) is 23.7 Å². The van der Waals surface area contributed by atoms with E-state index in [9.17, 15) is 4.79 Å². The maximum Gasteiger partial charge on any atom is 0.251 e. The van der Waals surface area contributed by atoms with Crippen LogP contribution in [-0.2, 0) is 0 Å². The fourth-order valence-corrected chi connectivity index (χ4v) is 3.55. The smallest absolute Gasteiger partial charge is 0.251 e. The molecule has 5 heteroatoms. The van der Waals surface area contributed by atoms with Crippen LogP contribution in [0.15, 0.2) is 42.5 Å². The van der Waals surface area contributed by atoms with Gasteiger partial charge in [0.1, 0.15) is 5.75 Å². The molecule has 3 rings (SSSR count). The molecule has 0 aliphatic carbocycles. The molecule has 0 unspecified atom stereocenters. The highest BCUT2D eigenvalue weighted by atomic mass is 35.5. The fourth-order valence-electron chi connectivity index (χ4n) is 3.30. The highest BCUT2D eigenvalue weighted by Crippen LogP contribution is 2.26. The van der Waals surface area contributed by atoms with Crippen LogP contribution in [0.5, 0.6) is 5.75 Å². The van der Waals surface area contributed by atoms with E-state index >= 15 is 0 Å². The topological polar surface area (TPSA) is 41.6 Å². The average molecular weight is 373 g/mol. The first-order valence-corrected chi connectivity index (χ1v) is 9.45. The molecule has 0 radical (unpaired) electrons. The highest BCUT2D eigenvalue weighted by Gasteiger charge is 2.15. The molecule has 1 N–H and O–H groups in total. The molecule has 0 bridgehead atoms. The summed E-state index contributed by atoms with van der Waals surface area (Å²) in [6.45, 7) is 4.24. The second kappa shape index (κ2) is 8.45. The summed E-state index contributed by atoms with van der Waals surface area (Å²) in [6, 6.07) is 13.4. The van der Waals surface area contributed by atoms with Crippen molar-refractivity contribution in [3.05, 3.63) is 58.6 Å². The summed E-state index contributed by atoms with van der Waals surface area (Å²) in [6.07, 6.45) is 3.85. The van der Waals surface area contributed by atoms with Gasteiger partial charge in [0.2, 0.25) is 0 Å². The average Bonchev–Trinajstić information content (AvgIpc) is 2.68. The van der Waals surface area contributed by atoms with Gasteiger partial charge in [0.05, 0.1) is 18.2 Å². The summed E-state index contributed by atoms with van der Waals surface area (Å²) >= 11 is 6.11. The van der Waals surface area contributed by atoms with Gasteiger partial charge in [0, 0.05) is 24.3 Å². The van der Waals surface area contributed by atoms with Crippen molar-refractivity contribution in [3.63, 3.8) is 0 Å². The molecule has 0 saturated carbocycles. The first-order valence-electron chi connectivity index (χ1n) is 9.08. The molecule has 1 atom stereocenters. The number of methoxy groups -OCH3 is 1. The van der Waals surface area contributed by atoms with E-state index in [1.54, 1.807) is 25.3 Å². The first kappa shape index (κ1) is 18.6. The van der Waals surface area contributed by atoms with Gasteiger partial charge in [-0.15, -0.1) is 0 Å². The van der Waals surface area contributed by atoms with Gasteiger partial charge in [-0.3, -0.25) is 4.79 Å². The van der Waals surface area contributed by atoms with E-state index in [2.05, 4.69) is 34.5 Å². The van der Waals surface area contributed by atoms with Gasteiger partial charge in [0.25, 0.3) is 5.91 Å². The summed E-state index contributed by atoms with van der Waals surface area (Å²) in [5, 5.41) is 3.45. The maximum atomic E-state index is 12.5. The number of hydrogen-bond donors (Lipinski definition) is 1. The molecule has 26 heavy (non-hydrogen) atoms. The van der Waals surface area contributed by atoms with Gasteiger partial charge in [-0.2, -0.15) is 0 Å². The van der Waals surface area contributed by atoms with Crippen LogP contribution in [0.4, 0.5) is 5.69 Å². The lowest BCUT2D eigenvalue weighted by atomic mass is 10.1. The number of nitrogens with zero attached hydrogens (tertiary/aromatic N) is 1. The molecular formula is C21H25ClN2O2. The third kappa shape index (κ3) is 4.31. The molecule has 1 saturated heterocycles. The van der Waals surface area contributed by atoms with Crippen molar-refractivity contribution in [2.45, 2.75) is 32.2 Å². The molecule has 1 fully saturated rings. The molecule has 0 spiro atoms. The van der Waals surface area contributed by atoms with Gasteiger partial charge >= 0.3 is 0 Å². The van der Waals surface area contributed by atoms with Crippen LogP contribution < -0.4 is 15.0 Å². The zero-order valence-corrected chi connectivity index (χ0v) is 16.1. The summed E-state index contributed by atoms with van der Waals surface area (Å²) in [5.74, 6) is 0.409. The summed E-state index contributed by atoms with van der Waals surface area (Å²) in [7, 11) is 1.55. The van der Waals surface area contributed by atoms with Gasteiger partial charge in [0.15, 0.2) is 0 Å². The molecule has 0 aromatic heterocycles. The SMILES string of the molecule is COc1ccc(C(=O)N[C@H](C)c2ccc(N3CCCCC3)cc2)cc1Cl. The van der Waals surface area contributed by atoms with Gasteiger partial charge in [-0.05, 0) is 62.1 Å².